The molecule has 7 unspecified atom stereocenters. The van der Waals surface area contributed by atoms with Crippen LogP contribution in [-0.4, -0.2) is 87.5 Å². The lowest BCUT2D eigenvalue weighted by Gasteiger charge is -2.40. The van der Waals surface area contributed by atoms with Gasteiger partial charge in [0, 0.05) is 6.42 Å². The predicted octanol–water partition coefficient (Wildman–Crippen LogP) is 15.3. The van der Waals surface area contributed by atoms with Gasteiger partial charge in [-0.25, -0.2) is 0 Å². The van der Waals surface area contributed by atoms with Gasteiger partial charge in [-0.2, -0.15) is 0 Å². The number of hydrogen-bond acceptors (Lipinski definition) is 8. The normalized spacial score (nSPS) is 19.6. The third-order valence-electron chi connectivity index (χ3n) is 14.4. The van der Waals surface area contributed by atoms with Gasteiger partial charge in [-0.1, -0.05) is 262 Å². The number of carbonyl (C=O) groups is 1. The largest absolute Gasteiger partial charge is 0.394 e. The van der Waals surface area contributed by atoms with Crippen LogP contribution in [0.15, 0.2) is 48.6 Å². The molecule has 1 aliphatic rings. The number of carbonyl (C=O) groups excluding carboxylic acids is 1. The molecule has 7 atom stereocenters. The molecule has 0 aromatic carbocycles. The van der Waals surface area contributed by atoms with Gasteiger partial charge in [0.05, 0.1) is 25.4 Å². The van der Waals surface area contributed by atoms with E-state index in [4.69, 9.17) is 9.47 Å². The van der Waals surface area contributed by atoms with Crippen LogP contribution in [0.4, 0.5) is 0 Å². The van der Waals surface area contributed by atoms with Crippen LogP contribution in [0.3, 0.4) is 0 Å². The highest BCUT2D eigenvalue weighted by molar-refractivity contribution is 5.76. The minimum absolute atomic E-state index is 0.188. The van der Waals surface area contributed by atoms with E-state index < -0.39 is 49.5 Å². The van der Waals surface area contributed by atoms with Crippen LogP contribution < -0.4 is 5.32 Å². The molecule has 0 aliphatic carbocycles. The molecule has 9 nitrogen and oxygen atoms in total. The van der Waals surface area contributed by atoms with E-state index in [1.807, 2.05) is 6.08 Å². The Morgan fingerprint density at radius 1 is 0.479 bits per heavy atom. The molecular formula is C62H115NO8. The van der Waals surface area contributed by atoms with Gasteiger partial charge in [0.15, 0.2) is 6.29 Å². The first-order valence-corrected chi connectivity index (χ1v) is 30.4. The van der Waals surface area contributed by atoms with Gasteiger partial charge in [0.1, 0.15) is 24.4 Å². The molecule has 9 heteroatoms. The van der Waals surface area contributed by atoms with Gasteiger partial charge < -0.3 is 40.3 Å². The molecule has 0 bridgehead atoms. The van der Waals surface area contributed by atoms with Gasteiger partial charge in [-0.05, 0) is 64.2 Å². The molecule has 71 heavy (non-hydrogen) atoms. The Morgan fingerprint density at radius 3 is 1.30 bits per heavy atom. The SMILES string of the molecule is CCCCC/C=C/CC/C=C/C(O)C(COC1OC(CO)C(O)C(O)C1O)NC(=O)CCCCCCCCCCCCCCCCCCC/C=C\C/C=C\CCCCCCCCCCCCCCCCC. The molecule has 0 radical (unpaired) electrons. The van der Waals surface area contributed by atoms with Crippen molar-refractivity contribution in [2.45, 2.75) is 326 Å². The minimum Gasteiger partial charge on any atom is -0.394 e. The van der Waals surface area contributed by atoms with Crippen molar-refractivity contribution in [2.24, 2.45) is 0 Å². The van der Waals surface area contributed by atoms with Crippen molar-refractivity contribution in [3.63, 3.8) is 0 Å². The molecule has 0 saturated carbocycles. The standard InChI is InChI=1S/C62H115NO8/c1-3-5-7-9-11-13-14-15-16-17-18-19-20-21-22-23-24-25-26-27-28-29-30-31-32-33-34-35-36-37-38-39-40-41-42-44-46-48-50-52-58(66)63-55(56(65)51-49-47-45-43-12-10-8-6-4-2)54-70-62-61(69)60(68)59(67)57(53-64)71-62/h12,24-25,27-28,43,49,51,55-57,59-62,64-65,67-69H,3-11,13-23,26,29-42,44-48,50,52-54H2,1-2H3,(H,63,66)/b25-24-,28-27-,43-12+,51-49+. The Bertz CT molecular complexity index is 1250. The van der Waals surface area contributed by atoms with Crippen molar-refractivity contribution >= 4 is 5.91 Å². The number of hydrogen-bond donors (Lipinski definition) is 6. The quantitative estimate of drug-likeness (QED) is 0.0261. The van der Waals surface area contributed by atoms with Gasteiger partial charge in [-0.15, -0.1) is 0 Å². The smallest absolute Gasteiger partial charge is 0.220 e. The predicted molar refractivity (Wildman–Crippen MR) is 299 cm³/mol. The van der Waals surface area contributed by atoms with Gasteiger partial charge in [-0.3, -0.25) is 4.79 Å². The summed E-state index contributed by atoms with van der Waals surface area (Å²) in [4.78, 5) is 13.0. The topological polar surface area (TPSA) is 149 Å². The molecular weight excluding hydrogens is 887 g/mol. The first kappa shape index (κ1) is 67.2. The third kappa shape index (κ3) is 41.1. The van der Waals surface area contributed by atoms with Crippen LogP contribution in [0.5, 0.6) is 0 Å². The maximum Gasteiger partial charge on any atom is 0.220 e. The maximum absolute atomic E-state index is 13.0. The van der Waals surface area contributed by atoms with E-state index in [1.165, 1.54) is 218 Å². The zero-order chi connectivity index (χ0) is 51.5. The number of ether oxygens (including phenoxy) is 2. The molecule has 0 aromatic heterocycles. The second kappa shape index (κ2) is 51.6. The van der Waals surface area contributed by atoms with Crippen LogP contribution in [0.2, 0.25) is 0 Å². The average Bonchev–Trinajstić information content (AvgIpc) is 3.37. The molecule has 1 rings (SSSR count). The van der Waals surface area contributed by atoms with Crippen molar-refractivity contribution in [3.05, 3.63) is 48.6 Å². The second-order valence-electron chi connectivity index (χ2n) is 21.1. The van der Waals surface area contributed by atoms with Crippen molar-refractivity contribution < 1.29 is 39.8 Å². The summed E-state index contributed by atoms with van der Waals surface area (Å²) in [6.07, 6.45) is 62.5. The molecule has 416 valence electrons. The summed E-state index contributed by atoms with van der Waals surface area (Å²) >= 11 is 0. The first-order chi connectivity index (χ1) is 34.8. The fraction of sp³-hybridized carbons (Fsp3) is 0.855. The summed E-state index contributed by atoms with van der Waals surface area (Å²) in [6.45, 7) is 3.72. The fourth-order valence-electron chi connectivity index (χ4n) is 9.56. The fourth-order valence-corrected chi connectivity index (χ4v) is 9.56. The van der Waals surface area contributed by atoms with Gasteiger partial charge in [0.2, 0.25) is 5.91 Å². The summed E-state index contributed by atoms with van der Waals surface area (Å²) < 4.78 is 11.2. The van der Waals surface area contributed by atoms with Gasteiger partial charge in [0.25, 0.3) is 0 Å². The van der Waals surface area contributed by atoms with Crippen LogP contribution >= 0.6 is 0 Å². The number of rotatable bonds is 52. The number of nitrogens with one attached hydrogen (secondary N) is 1. The monoisotopic (exact) mass is 1000 g/mol. The molecule has 1 saturated heterocycles. The van der Waals surface area contributed by atoms with Crippen LogP contribution in [0, 0.1) is 0 Å². The lowest BCUT2D eigenvalue weighted by atomic mass is 9.99. The highest BCUT2D eigenvalue weighted by atomic mass is 16.7. The van der Waals surface area contributed by atoms with Gasteiger partial charge >= 0.3 is 0 Å². The zero-order valence-electron chi connectivity index (χ0n) is 46.2. The number of aliphatic hydroxyl groups excluding tert-OH is 5. The third-order valence-corrected chi connectivity index (χ3v) is 14.4. The molecule has 1 heterocycles. The summed E-state index contributed by atoms with van der Waals surface area (Å²) in [5.74, 6) is -0.188. The zero-order valence-corrected chi connectivity index (χ0v) is 46.2. The number of unbranched alkanes of at least 4 members (excludes halogenated alkanes) is 36. The van der Waals surface area contributed by atoms with Crippen molar-refractivity contribution in [1.82, 2.24) is 5.32 Å². The summed E-state index contributed by atoms with van der Waals surface area (Å²) in [5.41, 5.74) is 0. The van der Waals surface area contributed by atoms with Crippen LogP contribution in [-0.2, 0) is 14.3 Å². The Morgan fingerprint density at radius 2 is 0.845 bits per heavy atom. The van der Waals surface area contributed by atoms with Crippen LogP contribution in [0.25, 0.3) is 0 Å². The average molecular weight is 1000 g/mol. The van der Waals surface area contributed by atoms with Crippen LogP contribution in [0.1, 0.15) is 284 Å². The van der Waals surface area contributed by atoms with E-state index in [9.17, 15) is 30.3 Å². The molecule has 6 N–H and O–H groups in total. The highest BCUT2D eigenvalue weighted by Gasteiger charge is 2.44. The first-order valence-electron chi connectivity index (χ1n) is 30.4. The van der Waals surface area contributed by atoms with E-state index in [1.54, 1.807) is 6.08 Å². The number of allylic oxidation sites excluding steroid dienone is 7. The number of amides is 1. The lowest BCUT2D eigenvalue weighted by Crippen LogP contribution is -2.60. The van der Waals surface area contributed by atoms with Crippen molar-refractivity contribution in [3.8, 4) is 0 Å². The second-order valence-corrected chi connectivity index (χ2v) is 21.1. The Labute approximate surface area is 437 Å². The Balaban J connectivity index is 2.01. The Kier molecular flexibility index (Phi) is 48.8. The highest BCUT2D eigenvalue weighted by Crippen LogP contribution is 2.23. The Hall–Kier alpha value is -1.85. The summed E-state index contributed by atoms with van der Waals surface area (Å²) in [6, 6.07) is -0.820. The van der Waals surface area contributed by atoms with Crippen molar-refractivity contribution in [2.75, 3.05) is 13.2 Å². The van der Waals surface area contributed by atoms with Crippen molar-refractivity contribution in [1.29, 1.82) is 0 Å². The lowest BCUT2D eigenvalue weighted by molar-refractivity contribution is -0.302. The van der Waals surface area contributed by atoms with E-state index in [2.05, 4.69) is 55.6 Å². The van der Waals surface area contributed by atoms with E-state index in [0.717, 1.165) is 44.9 Å². The van der Waals surface area contributed by atoms with E-state index in [-0.39, 0.29) is 12.5 Å². The maximum atomic E-state index is 13.0. The van der Waals surface area contributed by atoms with E-state index in [0.29, 0.717) is 6.42 Å². The molecule has 0 spiro atoms. The summed E-state index contributed by atoms with van der Waals surface area (Å²) in [7, 11) is 0. The summed E-state index contributed by atoms with van der Waals surface area (Å²) in [5, 5.41) is 54.2. The molecule has 1 aliphatic heterocycles. The molecule has 1 fully saturated rings. The molecule has 0 aromatic rings. The molecule has 1 amide bonds. The minimum atomic E-state index is -1.57. The van der Waals surface area contributed by atoms with E-state index >= 15 is 0 Å². The number of aliphatic hydroxyl groups is 5.